The maximum atomic E-state index is 6.01. The molecule has 0 atom stereocenters. The first kappa shape index (κ1) is 11.9. The Kier molecular flexibility index (Phi) is 2.28. The quantitative estimate of drug-likeness (QED) is 0.379. The van der Waals surface area contributed by atoms with E-state index < -0.39 is 8.07 Å². The van der Waals surface area contributed by atoms with Gasteiger partial charge in [0, 0.05) is 5.39 Å². The molecule has 0 spiro atoms. The third kappa shape index (κ3) is 1.53. The Hall–Kier alpha value is -1.87. The van der Waals surface area contributed by atoms with Gasteiger partial charge in [0.15, 0.2) is 13.4 Å². The lowest BCUT2D eigenvalue weighted by atomic mass is 10.0. The first-order valence-electron chi connectivity index (χ1n) is 7.07. The van der Waals surface area contributed by atoms with E-state index in [1.165, 1.54) is 27.0 Å². The van der Waals surface area contributed by atoms with Crippen LogP contribution in [0.5, 0.6) is 5.75 Å². The van der Waals surface area contributed by atoms with Gasteiger partial charge in [0.05, 0.1) is 5.39 Å². The van der Waals surface area contributed by atoms with Gasteiger partial charge in [0.25, 0.3) is 6.73 Å². The van der Waals surface area contributed by atoms with Crippen molar-refractivity contribution >= 4 is 35.1 Å². The van der Waals surface area contributed by atoms with Gasteiger partial charge in [-0.2, -0.15) is 4.57 Å². The smallest absolute Gasteiger partial charge is 0.292 e. The normalized spacial score (nSPS) is 13.9. The minimum absolute atomic E-state index is 0.632. The van der Waals surface area contributed by atoms with Gasteiger partial charge in [-0.25, -0.2) is 0 Å². The largest absolute Gasteiger partial charge is 0.435 e. The van der Waals surface area contributed by atoms with Gasteiger partial charge in [-0.1, -0.05) is 37.8 Å². The van der Waals surface area contributed by atoms with E-state index in [0.29, 0.717) is 6.73 Å². The van der Waals surface area contributed by atoms with Crippen LogP contribution in [0.4, 0.5) is 0 Å². The Bertz CT molecular complexity index is 849. The van der Waals surface area contributed by atoms with E-state index in [0.717, 1.165) is 5.75 Å². The number of ether oxygens (including phenoxy) is 1. The summed E-state index contributed by atoms with van der Waals surface area (Å²) >= 11 is 0. The second kappa shape index (κ2) is 3.82. The molecular formula is C17H18NOSi+. The first-order chi connectivity index (χ1) is 9.55. The molecule has 0 N–H and O–H groups in total. The van der Waals surface area contributed by atoms with Gasteiger partial charge in [0.1, 0.15) is 5.75 Å². The summed E-state index contributed by atoms with van der Waals surface area (Å²) in [6, 6.07) is 15.3. The second-order valence-electron chi connectivity index (χ2n) is 6.53. The van der Waals surface area contributed by atoms with Crippen molar-refractivity contribution in [1.29, 1.82) is 0 Å². The molecular weight excluding hydrogens is 262 g/mol. The number of hydrogen-bond acceptors (Lipinski definition) is 1. The molecule has 0 bridgehead atoms. The van der Waals surface area contributed by atoms with E-state index >= 15 is 0 Å². The van der Waals surface area contributed by atoms with Crippen molar-refractivity contribution < 1.29 is 9.30 Å². The highest BCUT2D eigenvalue weighted by Gasteiger charge is 2.32. The fraction of sp³-hybridized carbons (Fsp3) is 0.235. The minimum Gasteiger partial charge on any atom is -0.435 e. The monoisotopic (exact) mass is 280 g/mol. The first-order valence-corrected chi connectivity index (χ1v) is 10.6. The summed E-state index contributed by atoms with van der Waals surface area (Å²) in [4.78, 5) is 0. The fourth-order valence-electron chi connectivity index (χ4n) is 3.19. The Morgan fingerprint density at radius 3 is 2.50 bits per heavy atom. The lowest BCUT2D eigenvalue weighted by Crippen LogP contribution is -2.62. The van der Waals surface area contributed by atoms with E-state index in [4.69, 9.17) is 4.74 Å². The summed E-state index contributed by atoms with van der Waals surface area (Å²) in [7, 11) is -1.39. The van der Waals surface area contributed by atoms with Crippen LogP contribution in [0.1, 0.15) is 0 Å². The Balaban J connectivity index is 2.25. The molecule has 20 heavy (non-hydrogen) atoms. The van der Waals surface area contributed by atoms with Crippen LogP contribution in [0, 0.1) is 0 Å². The predicted octanol–water partition coefficient (Wildman–Crippen LogP) is 3.18. The maximum absolute atomic E-state index is 6.01. The van der Waals surface area contributed by atoms with Gasteiger partial charge >= 0.3 is 0 Å². The number of pyridine rings is 1. The Morgan fingerprint density at radius 1 is 0.950 bits per heavy atom. The molecule has 2 aromatic carbocycles. The molecule has 1 aromatic heterocycles. The molecule has 2 nitrogen and oxygen atoms in total. The van der Waals surface area contributed by atoms with Crippen LogP contribution in [0.3, 0.4) is 0 Å². The maximum Gasteiger partial charge on any atom is 0.292 e. The molecule has 2 heterocycles. The van der Waals surface area contributed by atoms with Gasteiger partial charge in [-0.15, -0.1) is 0 Å². The van der Waals surface area contributed by atoms with Crippen LogP contribution in [0.2, 0.25) is 19.6 Å². The average Bonchev–Trinajstić information content (AvgIpc) is 2.43. The molecule has 100 valence electrons. The van der Waals surface area contributed by atoms with E-state index in [9.17, 15) is 0 Å². The highest BCUT2D eigenvalue weighted by atomic mass is 28.3. The van der Waals surface area contributed by atoms with Crippen LogP contribution in [-0.2, 0) is 6.73 Å². The van der Waals surface area contributed by atoms with Crippen molar-refractivity contribution in [2.45, 2.75) is 26.4 Å². The standard InChI is InChI=1S/C17H18NOSi/c1-20(2,3)15-10-9-13-8-7-12-5-4-6-14-16(12)17(13)18(15)11-19-14/h4-10H,11H2,1-3H3/q+1. The summed E-state index contributed by atoms with van der Waals surface area (Å²) < 4.78 is 8.39. The number of aromatic nitrogens is 1. The highest BCUT2D eigenvalue weighted by molar-refractivity contribution is 6.87. The highest BCUT2D eigenvalue weighted by Crippen LogP contribution is 2.33. The van der Waals surface area contributed by atoms with E-state index in [1.54, 1.807) is 0 Å². The Labute approximate surface area is 119 Å². The van der Waals surface area contributed by atoms with Crippen molar-refractivity contribution in [2.75, 3.05) is 0 Å². The van der Waals surface area contributed by atoms with E-state index in [1.807, 2.05) is 0 Å². The molecule has 0 amide bonds. The summed E-state index contributed by atoms with van der Waals surface area (Å²) in [6.45, 7) is 7.79. The molecule has 0 unspecified atom stereocenters. The zero-order valence-corrected chi connectivity index (χ0v) is 13.1. The van der Waals surface area contributed by atoms with Gasteiger partial charge in [-0.3, -0.25) is 0 Å². The van der Waals surface area contributed by atoms with Crippen LogP contribution < -0.4 is 14.6 Å². The zero-order valence-electron chi connectivity index (χ0n) is 12.1. The summed E-state index contributed by atoms with van der Waals surface area (Å²) in [5, 5.41) is 5.27. The van der Waals surface area contributed by atoms with E-state index in [2.05, 4.69) is 66.7 Å². The van der Waals surface area contributed by atoms with Crippen molar-refractivity contribution in [3.05, 3.63) is 42.5 Å². The molecule has 1 aliphatic heterocycles. The molecule has 0 aliphatic carbocycles. The van der Waals surface area contributed by atoms with Gasteiger partial charge in [0.2, 0.25) is 5.52 Å². The second-order valence-corrected chi connectivity index (χ2v) is 11.5. The molecule has 0 saturated carbocycles. The molecule has 0 radical (unpaired) electrons. The van der Waals surface area contributed by atoms with Crippen LogP contribution in [0.15, 0.2) is 42.5 Å². The van der Waals surface area contributed by atoms with Crippen molar-refractivity contribution in [3.8, 4) is 5.75 Å². The molecule has 0 saturated heterocycles. The van der Waals surface area contributed by atoms with Gasteiger partial charge in [-0.05, 0) is 29.7 Å². The summed E-state index contributed by atoms with van der Waals surface area (Å²) in [5.74, 6) is 1.01. The zero-order chi connectivity index (χ0) is 13.9. The lowest BCUT2D eigenvalue weighted by Gasteiger charge is -2.21. The van der Waals surface area contributed by atoms with E-state index in [-0.39, 0.29) is 0 Å². The average molecular weight is 280 g/mol. The fourth-order valence-corrected chi connectivity index (χ4v) is 4.76. The third-order valence-corrected chi connectivity index (χ3v) is 6.08. The van der Waals surface area contributed by atoms with Crippen molar-refractivity contribution in [2.24, 2.45) is 0 Å². The molecule has 3 heteroatoms. The van der Waals surface area contributed by atoms with Crippen molar-refractivity contribution in [3.63, 3.8) is 0 Å². The Morgan fingerprint density at radius 2 is 1.70 bits per heavy atom. The number of benzene rings is 2. The SMILES string of the molecule is C[Si](C)(C)c1ccc2ccc3cccc4c3c2[n+]1CO4. The van der Waals surface area contributed by atoms with Crippen LogP contribution in [0.25, 0.3) is 21.7 Å². The summed E-state index contributed by atoms with van der Waals surface area (Å²) in [5.41, 5.74) is 1.34. The minimum atomic E-state index is -1.39. The molecule has 3 aromatic rings. The van der Waals surface area contributed by atoms with Gasteiger partial charge < -0.3 is 4.74 Å². The predicted molar refractivity (Wildman–Crippen MR) is 85.3 cm³/mol. The van der Waals surface area contributed by atoms with Crippen molar-refractivity contribution in [1.82, 2.24) is 0 Å². The number of hydrogen-bond donors (Lipinski definition) is 0. The lowest BCUT2D eigenvalue weighted by molar-refractivity contribution is -0.686. The third-order valence-electron chi connectivity index (χ3n) is 4.11. The summed E-state index contributed by atoms with van der Waals surface area (Å²) in [6.07, 6.45) is 0. The molecule has 0 fully saturated rings. The van der Waals surface area contributed by atoms with Crippen LogP contribution >= 0.6 is 0 Å². The number of nitrogens with zero attached hydrogens (tertiary/aromatic N) is 1. The molecule has 1 aliphatic rings. The topological polar surface area (TPSA) is 13.1 Å². The van der Waals surface area contributed by atoms with Crippen LogP contribution in [-0.4, -0.2) is 8.07 Å². The molecule has 4 rings (SSSR count). The number of rotatable bonds is 1.